The molecule has 0 bridgehead atoms. The van der Waals surface area contributed by atoms with Crippen molar-refractivity contribution in [1.82, 2.24) is 14.1 Å². The number of fused-ring (bicyclic) bond motifs is 10. The molecule has 292 valence electrons. The van der Waals surface area contributed by atoms with Gasteiger partial charge in [0.2, 0.25) is 0 Å². The van der Waals surface area contributed by atoms with Crippen LogP contribution in [0.4, 0.5) is 0 Å². The minimum absolute atomic E-state index is 0. The number of nitrogens with zero attached hydrogens (tertiary/aromatic N) is 4. The van der Waals surface area contributed by atoms with Gasteiger partial charge in [0.1, 0.15) is 17.0 Å². The van der Waals surface area contributed by atoms with E-state index >= 15 is 0 Å². The van der Waals surface area contributed by atoms with Crippen LogP contribution >= 0.6 is 0 Å². The van der Waals surface area contributed by atoms with Gasteiger partial charge < -0.3 is 22.7 Å². The number of hydrogen-bond donors (Lipinski definition) is 0. The number of aromatic nitrogens is 4. The third-order valence-electron chi connectivity index (χ3n) is 10.7. The summed E-state index contributed by atoms with van der Waals surface area (Å²) in [6.45, 7) is 6.51. The zero-order chi connectivity index (χ0) is 47.2. The largest absolute Gasteiger partial charge is 0.510 e. The van der Waals surface area contributed by atoms with Crippen molar-refractivity contribution < 1.29 is 51.5 Å². The van der Waals surface area contributed by atoms with E-state index in [4.69, 9.17) is 29.5 Å². The van der Waals surface area contributed by atoms with Crippen molar-refractivity contribution in [2.24, 2.45) is 0 Å². The molecule has 0 spiro atoms. The second-order valence-corrected chi connectivity index (χ2v) is 15.3. The molecule has 7 nitrogen and oxygen atoms in total. The van der Waals surface area contributed by atoms with E-state index in [1.165, 1.54) is 0 Å². The van der Waals surface area contributed by atoms with Crippen LogP contribution in [0.3, 0.4) is 0 Å². The van der Waals surface area contributed by atoms with E-state index in [-0.39, 0.29) is 82.1 Å². The van der Waals surface area contributed by atoms with Gasteiger partial charge in [-0.05, 0) is 58.4 Å². The van der Waals surface area contributed by atoms with Gasteiger partial charge in [-0.15, -0.1) is 29.7 Å². The first-order valence-electron chi connectivity index (χ1n) is 23.5. The Hall–Kier alpha value is -6.95. The van der Waals surface area contributed by atoms with Crippen LogP contribution in [-0.4, -0.2) is 14.1 Å². The van der Waals surface area contributed by atoms with Crippen molar-refractivity contribution in [2.75, 3.05) is 0 Å². The van der Waals surface area contributed by atoms with Crippen LogP contribution < -0.4 is 9.30 Å². The Kier molecular flexibility index (Phi) is 6.25. The Balaban J connectivity index is 0.00000520. The van der Waals surface area contributed by atoms with Gasteiger partial charge in [0.15, 0.2) is 16.9 Å². The minimum Gasteiger partial charge on any atom is -0.510 e. The Morgan fingerprint density at radius 1 is 0.683 bits per heavy atom. The molecule has 0 saturated carbocycles. The van der Waals surface area contributed by atoms with E-state index in [1.54, 1.807) is 15.2 Å². The normalized spacial score (nSPS) is 14.2. The molecule has 5 heterocycles. The molecule has 0 atom stereocenters. The van der Waals surface area contributed by atoms with Crippen molar-refractivity contribution in [3.05, 3.63) is 176 Å². The molecule has 12 rings (SSSR count). The second-order valence-electron chi connectivity index (χ2n) is 15.3. The molecule has 0 aliphatic carbocycles. The smallest absolute Gasteiger partial charge is 0.268 e. The average molecular weight is 967 g/mol. The summed E-state index contributed by atoms with van der Waals surface area (Å²) in [6.07, 6.45) is 5.23. The molecule has 12 aromatic rings. The molecule has 0 fully saturated rings. The zero-order valence-electron chi connectivity index (χ0n) is 41.1. The zero-order valence-corrected chi connectivity index (χ0v) is 34.3. The third kappa shape index (κ3) is 5.53. The van der Waals surface area contributed by atoms with E-state index in [1.807, 2.05) is 72.9 Å². The fraction of sp³-hybridized carbons (Fsp3) is 0.0769. The van der Waals surface area contributed by atoms with Gasteiger partial charge in [0.05, 0.1) is 23.4 Å². The molecule has 0 radical (unpaired) electrons. The van der Waals surface area contributed by atoms with Crippen molar-refractivity contribution in [3.63, 3.8) is 0 Å². The molecular weight excluding hydrogens is 924 g/mol. The minimum atomic E-state index is -0.526. The van der Waals surface area contributed by atoms with Gasteiger partial charge in [-0.3, -0.25) is 4.57 Å². The van der Waals surface area contributed by atoms with Crippen LogP contribution in [0.2, 0.25) is 0 Å². The number of para-hydroxylation sites is 5. The maximum absolute atomic E-state index is 9.57. The van der Waals surface area contributed by atoms with Crippen LogP contribution in [0, 0.1) is 18.5 Å². The fourth-order valence-electron chi connectivity index (χ4n) is 7.97. The third-order valence-corrected chi connectivity index (χ3v) is 10.7. The van der Waals surface area contributed by atoms with Gasteiger partial charge in [-0.2, -0.15) is 18.2 Å². The van der Waals surface area contributed by atoms with Gasteiger partial charge in [-0.1, -0.05) is 105 Å². The van der Waals surface area contributed by atoms with Crippen LogP contribution in [0.1, 0.15) is 38.7 Å². The maximum Gasteiger partial charge on any atom is 0.268 e. The monoisotopic (exact) mass is 966 g/mol. The molecule has 0 amide bonds. The van der Waals surface area contributed by atoms with Gasteiger partial charge in [0, 0.05) is 65.8 Å². The summed E-state index contributed by atoms with van der Waals surface area (Å²) in [5, 5.41) is 1.94. The van der Waals surface area contributed by atoms with Gasteiger partial charge >= 0.3 is 0 Å². The number of hydrogen-bond acceptors (Lipinski definition) is 4. The summed E-state index contributed by atoms with van der Waals surface area (Å²) in [6, 6.07) is 31.7. The number of rotatable bonds is 5. The second kappa shape index (κ2) is 13.6. The molecule has 5 aromatic heterocycles. The van der Waals surface area contributed by atoms with Crippen molar-refractivity contribution in [1.29, 1.82) is 0 Å². The standard InChI is InChI=1S/C52H34N4O3.Pt/c1-52(2,3)32-25-26-53-48(27-32)56-42-18-7-4-15-36(42)37-24-23-35(29-45(37)56)57-34-14-12-13-33(28-34)54-31-55(44-20-9-8-19-43(44)54)49-50-40(38-16-5-10-21-46(38)58-50)30-41-39-17-6-11-22-47(39)59-51(41)49;/h4-27,30H,1-3H3;/q-2;/i5D,6D,10D,11D,16D,17D,21D,22D,30D;. The predicted molar refractivity (Wildman–Crippen MR) is 233 cm³/mol. The first kappa shape index (κ1) is 27.7. The van der Waals surface area contributed by atoms with Crippen LogP contribution in [0.5, 0.6) is 11.5 Å². The fourth-order valence-corrected chi connectivity index (χ4v) is 7.97. The Labute approximate surface area is 371 Å². The van der Waals surface area contributed by atoms with Crippen molar-refractivity contribution in [2.45, 2.75) is 26.2 Å². The van der Waals surface area contributed by atoms with E-state index in [0.29, 0.717) is 28.2 Å². The van der Waals surface area contributed by atoms with Crippen LogP contribution in [-0.2, 0) is 26.5 Å². The number of pyridine rings is 1. The van der Waals surface area contributed by atoms with Crippen molar-refractivity contribution >= 4 is 76.7 Å². The molecular formula is C52H34N4O3Pt-2. The van der Waals surface area contributed by atoms with E-state index < -0.39 is 48.3 Å². The summed E-state index contributed by atoms with van der Waals surface area (Å²) in [5.41, 5.74) is 4.17. The molecule has 8 heteroatoms. The molecule has 0 N–H and O–H groups in total. The molecule has 0 unspecified atom stereocenters. The van der Waals surface area contributed by atoms with Crippen LogP contribution in [0.15, 0.2) is 160 Å². The summed E-state index contributed by atoms with van der Waals surface area (Å²) < 4.78 is 104. The molecule has 0 aliphatic rings. The van der Waals surface area contributed by atoms with Gasteiger partial charge in [0.25, 0.3) is 6.33 Å². The summed E-state index contributed by atoms with van der Waals surface area (Å²) in [7, 11) is 0. The number of ether oxygens (including phenoxy) is 1. The average Bonchev–Trinajstić information content (AvgIpc) is 4.12. The molecule has 0 saturated heterocycles. The Bertz CT molecular complexity index is 4070. The predicted octanol–water partition coefficient (Wildman–Crippen LogP) is 12.7. The Morgan fingerprint density at radius 3 is 2.12 bits per heavy atom. The molecule has 7 aromatic carbocycles. The first-order chi connectivity index (χ1) is 32.6. The summed E-state index contributed by atoms with van der Waals surface area (Å²) in [4.78, 5) is 4.80. The van der Waals surface area contributed by atoms with E-state index in [0.717, 1.165) is 33.2 Å². The molecule has 60 heavy (non-hydrogen) atoms. The SMILES string of the molecule is [2H]c1c([2H])c([2H])c2c(oc3c(-[n+]4[c-]n(-c5[c-]c(Oc6[c-]c7c(cc6)c6ccccc6n7-c6cc(C(C)(C)C)ccn6)ccc5)c5ccccc54)c4oc5c([2H])c([2H])c([2H])c([2H])c5c4c([2H])c32)c1[2H].[Pt]. The number of benzene rings is 7. The van der Waals surface area contributed by atoms with Crippen molar-refractivity contribution in [3.8, 4) is 28.7 Å². The van der Waals surface area contributed by atoms with Crippen LogP contribution in [0.25, 0.3) is 93.9 Å². The molecule has 0 aliphatic heterocycles. The quantitative estimate of drug-likeness (QED) is 0.127. The maximum atomic E-state index is 9.57. The number of imidazole rings is 1. The summed E-state index contributed by atoms with van der Waals surface area (Å²) >= 11 is 0. The van der Waals surface area contributed by atoms with E-state index in [2.05, 4.69) is 62.0 Å². The first-order valence-corrected chi connectivity index (χ1v) is 19.0. The topological polar surface area (TPSA) is 62.1 Å². The number of furan rings is 2. The Morgan fingerprint density at radius 2 is 1.37 bits per heavy atom. The summed E-state index contributed by atoms with van der Waals surface area (Å²) in [5.74, 6) is 1.57. The van der Waals surface area contributed by atoms with Gasteiger partial charge in [-0.25, -0.2) is 4.98 Å². The van der Waals surface area contributed by atoms with E-state index in [9.17, 15) is 1.37 Å².